The molecule has 1 aromatic carbocycles. The summed E-state index contributed by atoms with van der Waals surface area (Å²) >= 11 is 0. The molecule has 3 aromatic rings. The standard InChI is InChI=1S/C20H22F3N5O/c1-12(13-5-7-16(29)8-6-13)19-26-25-18-10-9-17(27-28(18)19)24-15-4-2-3-14(11-15)20(21,22)23/h5-10,12,14-15,29H,2-4,11H2,1H3,(H,24,27)/t12-,14?,15?/m0/s1. The molecule has 1 aliphatic carbocycles. The number of hydrogen-bond acceptors (Lipinski definition) is 5. The Balaban J connectivity index is 1.56. The van der Waals surface area contributed by atoms with E-state index in [1.807, 2.05) is 19.1 Å². The van der Waals surface area contributed by atoms with Crippen LogP contribution in [0.1, 0.15) is 49.9 Å². The van der Waals surface area contributed by atoms with Crippen LogP contribution in [0.5, 0.6) is 5.75 Å². The maximum Gasteiger partial charge on any atom is 0.391 e. The molecule has 2 heterocycles. The van der Waals surface area contributed by atoms with Crippen molar-refractivity contribution in [1.29, 1.82) is 0 Å². The number of nitrogens with one attached hydrogen (secondary N) is 1. The molecule has 0 amide bonds. The minimum atomic E-state index is -4.15. The van der Waals surface area contributed by atoms with E-state index in [-0.39, 0.29) is 30.6 Å². The first-order chi connectivity index (χ1) is 13.8. The van der Waals surface area contributed by atoms with Gasteiger partial charge in [-0.2, -0.15) is 17.7 Å². The van der Waals surface area contributed by atoms with Gasteiger partial charge in [0.15, 0.2) is 11.5 Å². The van der Waals surface area contributed by atoms with Crippen LogP contribution in [0.2, 0.25) is 0 Å². The highest BCUT2D eigenvalue weighted by atomic mass is 19.4. The molecule has 154 valence electrons. The minimum absolute atomic E-state index is 0.0577. The number of phenols is 1. The highest BCUT2D eigenvalue weighted by molar-refractivity contribution is 5.45. The normalized spacial score (nSPS) is 21.2. The monoisotopic (exact) mass is 405 g/mol. The van der Waals surface area contributed by atoms with Crippen LogP contribution in [0.15, 0.2) is 36.4 Å². The third-order valence-corrected chi connectivity index (χ3v) is 5.56. The fraction of sp³-hybridized carbons (Fsp3) is 0.450. The quantitative estimate of drug-likeness (QED) is 0.668. The number of phenolic OH excluding ortho intramolecular Hbond substituents is 1. The molecular weight excluding hydrogens is 383 g/mol. The second-order valence-corrected chi connectivity index (χ2v) is 7.61. The van der Waals surface area contributed by atoms with Gasteiger partial charge in [-0.1, -0.05) is 25.5 Å². The lowest BCUT2D eigenvalue weighted by molar-refractivity contribution is -0.182. The van der Waals surface area contributed by atoms with Crippen molar-refractivity contribution >= 4 is 11.5 Å². The number of anilines is 1. The first kappa shape index (κ1) is 19.5. The van der Waals surface area contributed by atoms with E-state index in [4.69, 9.17) is 0 Å². The summed E-state index contributed by atoms with van der Waals surface area (Å²) in [6, 6.07) is 10.0. The van der Waals surface area contributed by atoms with Crippen molar-refractivity contribution in [3.63, 3.8) is 0 Å². The molecule has 0 radical (unpaired) electrons. The third kappa shape index (κ3) is 4.13. The third-order valence-electron chi connectivity index (χ3n) is 5.56. The second-order valence-electron chi connectivity index (χ2n) is 7.61. The van der Waals surface area contributed by atoms with E-state index in [0.717, 1.165) is 5.56 Å². The van der Waals surface area contributed by atoms with Crippen LogP contribution in [0, 0.1) is 5.92 Å². The molecule has 0 spiro atoms. The van der Waals surface area contributed by atoms with Gasteiger partial charge in [0.1, 0.15) is 11.6 Å². The van der Waals surface area contributed by atoms with Crippen LogP contribution in [0.4, 0.5) is 19.0 Å². The Morgan fingerprint density at radius 2 is 1.86 bits per heavy atom. The number of benzene rings is 1. The highest BCUT2D eigenvalue weighted by Gasteiger charge is 2.42. The van der Waals surface area contributed by atoms with E-state index < -0.39 is 12.1 Å². The lowest BCUT2D eigenvalue weighted by Gasteiger charge is -2.31. The van der Waals surface area contributed by atoms with Gasteiger partial charge in [-0.3, -0.25) is 0 Å². The van der Waals surface area contributed by atoms with Crippen LogP contribution in [0.3, 0.4) is 0 Å². The Labute approximate surface area is 165 Å². The van der Waals surface area contributed by atoms with Crippen molar-refractivity contribution in [3.8, 4) is 5.75 Å². The molecule has 4 rings (SSSR count). The molecule has 2 unspecified atom stereocenters. The number of hydrogen-bond donors (Lipinski definition) is 2. The van der Waals surface area contributed by atoms with Crippen molar-refractivity contribution < 1.29 is 18.3 Å². The van der Waals surface area contributed by atoms with E-state index in [1.54, 1.807) is 28.8 Å². The van der Waals surface area contributed by atoms with E-state index >= 15 is 0 Å². The van der Waals surface area contributed by atoms with E-state index in [2.05, 4.69) is 20.6 Å². The molecule has 1 aliphatic rings. The summed E-state index contributed by atoms with van der Waals surface area (Å²) in [5, 5.41) is 25.5. The van der Waals surface area contributed by atoms with E-state index in [9.17, 15) is 18.3 Å². The predicted octanol–water partition coefficient (Wildman–Crippen LogP) is 4.51. The molecule has 29 heavy (non-hydrogen) atoms. The average Bonchev–Trinajstić information content (AvgIpc) is 3.11. The maximum absolute atomic E-state index is 13.1. The summed E-state index contributed by atoms with van der Waals surface area (Å²) < 4.78 is 40.8. The maximum atomic E-state index is 13.1. The molecule has 6 nitrogen and oxygen atoms in total. The summed E-state index contributed by atoms with van der Waals surface area (Å²) in [6.07, 6.45) is -2.68. The predicted molar refractivity (Wildman–Crippen MR) is 102 cm³/mol. The lowest BCUT2D eigenvalue weighted by atomic mass is 9.85. The number of rotatable bonds is 4. The zero-order valence-electron chi connectivity index (χ0n) is 15.9. The van der Waals surface area contributed by atoms with E-state index in [1.165, 1.54) is 0 Å². The smallest absolute Gasteiger partial charge is 0.391 e. The fourth-order valence-corrected chi connectivity index (χ4v) is 3.89. The molecule has 0 aliphatic heterocycles. The zero-order valence-corrected chi connectivity index (χ0v) is 15.9. The van der Waals surface area contributed by atoms with Crippen molar-refractivity contribution in [1.82, 2.24) is 19.8 Å². The molecule has 0 saturated heterocycles. The van der Waals surface area contributed by atoms with Gasteiger partial charge in [0, 0.05) is 12.0 Å². The van der Waals surface area contributed by atoms with Crippen LogP contribution in [0.25, 0.3) is 5.65 Å². The molecular formula is C20H22F3N5O. The summed E-state index contributed by atoms with van der Waals surface area (Å²) in [6.45, 7) is 1.96. The van der Waals surface area contributed by atoms with Gasteiger partial charge in [0.2, 0.25) is 0 Å². The Kier molecular flexibility index (Phi) is 5.06. The van der Waals surface area contributed by atoms with E-state index in [0.29, 0.717) is 30.1 Å². The Morgan fingerprint density at radius 3 is 2.59 bits per heavy atom. The Bertz CT molecular complexity index is 986. The first-order valence-electron chi connectivity index (χ1n) is 9.66. The number of fused-ring (bicyclic) bond motifs is 1. The van der Waals surface area contributed by atoms with Gasteiger partial charge < -0.3 is 10.4 Å². The van der Waals surface area contributed by atoms with Gasteiger partial charge in [0.05, 0.1) is 5.92 Å². The van der Waals surface area contributed by atoms with Crippen LogP contribution < -0.4 is 5.32 Å². The topological polar surface area (TPSA) is 75.3 Å². The second kappa shape index (κ2) is 7.53. The average molecular weight is 405 g/mol. The van der Waals surface area contributed by atoms with Crippen molar-refractivity contribution in [2.75, 3.05) is 5.32 Å². The van der Waals surface area contributed by atoms with Crippen molar-refractivity contribution in [2.45, 2.75) is 50.7 Å². The van der Waals surface area contributed by atoms with Crippen LogP contribution in [-0.2, 0) is 0 Å². The van der Waals surface area contributed by atoms with Crippen molar-refractivity contribution in [3.05, 3.63) is 47.8 Å². The summed E-state index contributed by atoms with van der Waals surface area (Å²) in [5.41, 5.74) is 1.51. The number of halogens is 3. The highest BCUT2D eigenvalue weighted by Crippen LogP contribution is 2.38. The molecule has 9 heteroatoms. The first-order valence-corrected chi connectivity index (χ1v) is 9.66. The summed E-state index contributed by atoms with van der Waals surface area (Å²) in [7, 11) is 0. The van der Waals surface area contributed by atoms with Crippen molar-refractivity contribution in [2.24, 2.45) is 5.92 Å². The molecule has 1 fully saturated rings. The van der Waals surface area contributed by atoms with Crippen LogP contribution >= 0.6 is 0 Å². The Hall–Kier alpha value is -2.84. The minimum Gasteiger partial charge on any atom is -0.508 e. The lowest BCUT2D eigenvalue weighted by Crippen LogP contribution is -2.34. The fourth-order valence-electron chi connectivity index (χ4n) is 3.89. The van der Waals surface area contributed by atoms with Crippen LogP contribution in [-0.4, -0.2) is 37.1 Å². The largest absolute Gasteiger partial charge is 0.508 e. The number of nitrogens with zero attached hydrogens (tertiary/aromatic N) is 4. The van der Waals surface area contributed by atoms with Gasteiger partial charge in [-0.05, 0) is 49.1 Å². The molecule has 0 bridgehead atoms. The zero-order chi connectivity index (χ0) is 20.6. The molecule has 2 N–H and O–H groups in total. The molecule has 2 aromatic heterocycles. The number of aromatic hydroxyl groups is 1. The molecule has 1 saturated carbocycles. The Morgan fingerprint density at radius 1 is 1.10 bits per heavy atom. The SMILES string of the molecule is C[C@@H](c1ccc(O)cc1)c1nnc2ccc(NC3CCCC(C(F)(F)F)C3)nn12. The van der Waals surface area contributed by atoms with Gasteiger partial charge in [0.25, 0.3) is 0 Å². The van der Waals surface area contributed by atoms with Gasteiger partial charge in [-0.25, -0.2) is 0 Å². The van der Waals surface area contributed by atoms with Gasteiger partial charge in [-0.15, -0.1) is 15.3 Å². The summed E-state index contributed by atoms with van der Waals surface area (Å²) in [5.74, 6) is -0.0909. The number of alkyl halides is 3. The summed E-state index contributed by atoms with van der Waals surface area (Å²) in [4.78, 5) is 0. The number of aromatic nitrogens is 4. The molecule has 3 atom stereocenters. The van der Waals surface area contributed by atoms with Gasteiger partial charge >= 0.3 is 6.18 Å².